The van der Waals surface area contributed by atoms with Crippen molar-refractivity contribution in [3.05, 3.63) is 107 Å². The average molecular weight is 461 g/mol. The molecule has 0 spiro atoms. The maximum Gasteiger partial charge on any atom is 0.490 e. The van der Waals surface area contributed by atoms with Gasteiger partial charge in [-0.05, 0) is 22.8 Å². The lowest BCUT2D eigenvalue weighted by molar-refractivity contribution is -0.192. The second-order valence-corrected chi connectivity index (χ2v) is 7.44. The van der Waals surface area contributed by atoms with E-state index in [9.17, 15) is 13.2 Å². The molecule has 2 N–H and O–H groups in total. The van der Waals surface area contributed by atoms with Crippen LogP contribution < -0.4 is 5.32 Å². The Balaban J connectivity index is 0.000000360. The molecule has 0 radical (unpaired) electrons. The predicted octanol–water partition coefficient (Wildman–Crippen LogP) is 6.00. The van der Waals surface area contributed by atoms with Gasteiger partial charge in [0.15, 0.2) is 0 Å². The van der Waals surface area contributed by atoms with E-state index in [0.717, 1.165) is 16.4 Å². The first kappa shape index (κ1) is 23.3. The number of alkyl halides is 3. The lowest BCUT2D eigenvalue weighted by Gasteiger charge is -2.19. The first-order chi connectivity index (χ1) is 15.3. The molecule has 0 unspecified atom stereocenters. The van der Waals surface area contributed by atoms with E-state index in [0.29, 0.717) is 6.42 Å². The van der Waals surface area contributed by atoms with Crippen LogP contribution in [-0.4, -0.2) is 23.1 Å². The summed E-state index contributed by atoms with van der Waals surface area (Å²) >= 11 is 6.33. The Morgan fingerprint density at radius 2 is 1.41 bits per heavy atom. The molecule has 4 rings (SSSR count). The summed E-state index contributed by atoms with van der Waals surface area (Å²) < 4.78 is 31.7. The van der Waals surface area contributed by atoms with Crippen molar-refractivity contribution in [2.75, 3.05) is 0 Å². The van der Waals surface area contributed by atoms with E-state index in [1.165, 1.54) is 11.1 Å². The van der Waals surface area contributed by atoms with Crippen molar-refractivity contribution >= 4 is 23.4 Å². The Kier molecular flexibility index (Phi) is 7.53. The number of carbonyl (C=O) groups is 1. The van der Waals surface area contributed by atoms with Crippen molar-refractivity contribution < 1.29 is 23.1 Å². The number of amidine groups is 1. The topological polar surface area (TPSA) is 61.7 Å². The van der Waals surface area contributed by atoms with Crippen molar-refractivity contribution in [3.8, 4) is 0 Å². The molecule has 3 aromatic rings. The first-order valence-electron chi connectivity index (χ1n) is 9.72. The van der Waals surface area contributed by atoms with Crippen LogP contribution in [-0.2, 0) is 11.2 Å². The second-order valence-electron chi connectivity index (χ2n) is 7.04. The molecule has 0 bridgehead atoms. The van der Waals surface area contributed by atoms with Crippen LogP contribution in [0.25, 0.3) is 0 Å². The van der Waals surface area contributed by atoms with E-state index in [2.05, 4.69) is 59.9 Å². The highest BCUT2D eigenvalue weighted by molar-refractivity contribution is 6.31. The molecule has 166 valence electrons. The van der Waals surface area contributed by atoms with E-state index in [-0.39, 0.29) is 12.1 Å². The standard InChI is InChI=1S/C22H19ClN2.C2HF3O2/c23-19-14-8-7-13-18(19)15-20-24-21(16-9-3-1-4-10-16)22(25-20)17-11-5-2-6-12-17;3-2(4,5)1(6)7/h1-14,21-22H,15H2,(H,24,25);(H,6,7)/t21-,22+;. The molecule has 8 heteroatoms. The van der Waals surface area contributed by atoms with Crippen molar-refractivity contribution in [1.82, 2.24) is 5.32 Å². The van der Waals surface area contributed by atoms with Crippen molar-refractivity contribution in [2.45, 2.75) is 24.7 Å². The maximum absolute atomic E-state index is 10.6. The summed E-state index contributed by atoms with van der Waals surface area (Å²) in [5, 5.41) is 11.5. The molecule has 1 aliphatic rings. The largest absolute Gasteiger partial charge is 0.490 e. The molecule has 1 aliphatic heterocycles. The minimum atomic E-state index is -5.08. The molecular weight excluding hydrogens is 441 g/mol. The van der Waals surface area contributed by atoms with E-state index in [4.69, 9.17) is 26.5 Å². The Labute approximate surface area is 188 Å². The molecule has 32 heavy (non-hydrogen) atoms. The maximum atomic E-state index is 10.6. The lowest BCUT2D eigenvalue weighted by atomic mass is 9.95. The SMILES string of the molecule is Clc1ccccc1CC1=N[C@H](c2ccccc2)[C@H](c2ccccc2)N1.O=C(O)C(F)(F)F. The lowest BCUT2D eigenvalue weighted by Crippen LogP contribution is -2.25. The number of aliphatic imine (C=N–C) groups is 1. The number of carboxylic acid groups (broad SMARTS) is 1. The summed E-state index contributed by atoms with van der Waals surface area (Å²) in [5.41, 5.74) is 3.56. The fourth-order valence-corrected chi connectivity index (χ4v) is 3.50. The molecule has 0 aromatic heterocycles. The van der Waals surface area contributed by atoms with Crippen LogP contribution in [0.4, 0.5) is 13.2 Å². The summed E-state index contributed by atoms with van der Waals surface area (Å²) in [4.78, 5) is 13.9. The molecule has 0 saturated heterocycles. The predicted molar refractivity (Wildman–Crippen MR) is 118 cm³/mol. The van der Waals surface area contributed by atoms with Gasteiger partial charge in [0.2, 0.25) is 0 Å². The first-order valence-corrected chi connectivity index (χ1v) is 10.1. The fourth-order valence-electron chi connectivity index (χ4n) is 3.30. The molecular formula is C24H20ClF3N2O2. The van der Waals surface area contributed by atoms with Crippen molar-refractivity contribution in [3.63, 3.8) is 0 Å². The van der Waals surface area contributed by atoms with Gasteiger partial charge in [0, 0.05) is 11.4 Å². The average Bonchev–Trinajstić information content (AvgIpc) is 3.20. The van der Waals surface area contributed by atoms with Crippen LogP contribution in [0.3, 0.4) is 0 Å². The smallest absolute Gasteiger partial charge is 0.475 e. The highest BCUT2D eigenvalue weighted by Gasteiger charge is 2.38. The Morgan fingerprint density at radius 1 is 0.906 bits per heavy atom. The summed E-state index contributed by atoms with van der Waals surface area (Å²) in [7, 11) is 0. The number of carboxylic acids is 1. The number of nitrogens with zero attached hydrogens (tertiary/aromatic N) is 1. The third-order valence-electron chi connectivity index (χ3n) is 4.79. The van der Waals surface area contributed by atoms with Gasteiger partial charge < -0.3 is 10.4 Å². The molecule has 0 aliphatic carbocycles. The normalized spacial score (nSPS) is 17.6. The molecule has 3 aromatic carbocycles. The van der Waals surface area contributed by atoms with Crippen molar-refractivity contribution in [1.29, 1.82) is 0 Å². The monoisotopic (exact) mass is 460 g/mol. The van der Waals surface area contributed by atoms with Gasteiger partial charge in [0.25, 0.3) is 0 Å². The third kappa shape index (κ3) is 6.11. The van der Waals surface area contributed by atoms with Gasteiger partial charge in [0.05, 0.1) is 6.04 Å². The Hall–Kier alpha value is -3.32. The zero-order valence-corrected chi connectivity index (χ0v) is 17.5. The molecule has 0 amide bonds. The quantitative estimate of drug-likeness (QED) is 0.502. The minimum absolute atomic E-state index is 0.0705. The van der Waals surface area contributed by atoms with Gasteiger partial charge in [-0.15, -0.1) is 0 Å². The summed E-state index contributed by atoms with van der Waals surface area (Å²) in [6.45, 7) is 0. The number of benzene rings is 3. The number of nitrogens with one attached hydrogen (secondary N) is 1. The molecule has 0 saturated carbocycles. The highest BCUT2D eigenvalue weighted by atomic mass is 35.5. The zero-order chi connectivity index (χ0) is 23.1. The summed E-state index contributed by atoms with van der Waals surface area (Å²) in [5.74, 6) is -1.77. The number of halogens is 4. The van der Waals surface area contributed by atoms with Crippen LogP contribution in [0, 0.1) is 0 Å². The van der Waals surface area contributed by atoms with E-state index < -0.39 is 12.1 Å². The number of hydrogen-bond donors (Lipinski definition) is 2. The third-order valence-corrected chi connectivity index (χ3v) is 5.16. The highest BCUT2D eigenvalue weighted by Crippen LogP contribution is 2.36. The fraction of sp³-hybridized carbons (Fsp3) is 0.167. The minimum Gasteiger partial charge on any atom is -0.475 e. The second kappa shape index (κ2) is 10.3. The summed E-state index contributed by atoms with van der Waals surface area (Å²) in [6, 6.07) is 29.1. The van der Waals surface area contributed by atoms with E-state index >= 15 is 0 Å². The molecule has 2 atom stereocenters. The zero-order valence-electron chi connectivity index (χ0n) is 16.8. The van der Waals surface area contributed by atoms with Gasteiger partial charge in [-0.25, -0.2) is 4.79 Å². The van der Waals surface area contributed by atoms with Crippen LogP contribution in [0.15, 0.2) is 89.9 Å². The van der Waals surface area contributed by atoms with Crippen LogP contribution >= 0.6 is 11.6 Å². The van der Waals surface area contributed by atoms with Crippen LogP contribution in [0.2, 0.25) is 5.02 Å². The van der Waals surface area contributed by atoms with Gasteiger partial charge >= 0.3 is 12.1 Å². The molecule has 4 nitrogen and oxygen atoms in total. The summed E-state index contributed by atoms with van der Waals surface area (Å²) in [6.07, 6.45) is -4.37. The van der Waals surface area contributed by atoms with Gasteiger partial charge in [0.1, 0.15) is 11.9 Å². The molecule has 1 heterocycles. The van der Waals surface area contributed by atoms with E-state index in [1.807, 2.05) is 30.3 Å². The number of hydrogen-bond acceptors (Lipinski definition) is 3. The van der Waals surface area contributed by atoms with Crippen molar-refractivity contribution in [2.24, 2.45) is 4.99 Å². The molecule has 0 fully saturated rings. The van der Waals surface area contributed by atoms with Crippen LogP contribution in [0.5, 0.6) is 0 Å². The van der Waals surface area contributed by atoms with Crippen LogP contribution in [0.1, 0.15) is 28.8 Å². The number of rotatable bonds is 4. The van der Waals surface area contributed by atoms with Gasteiger partial charge in [-0.1, -0.05) is 90.5 Å². The Bertz CT molecular complexity index is 1070. The van der Waals surface area contributed by atoms with Gasteiger partial charge in [-0.2, -0.15) is 13.2 Å². The number of aliphatic carboxylic acids is 1. The van der Waals surface area contributed by atoms with Gasteiger partial charge in [-0.3, -0.25) is 4.99 Å². The van der Waals surface area contributed by atoms with E-state index in [1.54, 1.807) is 0 Å². The Morgan fingerprint density at radius 3 is 1.94 bits per heavy atom.